The number of rotatable bonds is 3. The summed E-state index contributed by atoms with van der Waals surface area (Å²) in [6.45, 7) is 0.888. The lowest BCUT2D eigenvalue weighted by molar-refractivity contribution is -0.133. The van der Waals surface area contributed by atoms with E-state index in [1.54, 1.807) is 6.20 Å². The van der Waals surface area contributed by atoms with E-state index in [0.717, 1.165) is 38.1 Å². The number of aromatic amines is 1. The Morgan fingerprint density at radius 3 is 2.79 bits per heavy atom. The highest BCUT2D eigenvalue weighted by atomic mass is 16.2. The lowest BCUT2D eigenvalue weighted by atomic mass is 9.98. The van der Waals surface area contributed by atoms with Crippen LogP contribution in [0.2, 0.25) is 0 Å². The lowest BCUT2D eigenvalue weighted by Gasteiger charge is -2.22. The van der Waals surface area contributed by atoms with Crippen LogP contribution in [0.25, 0.3) is 0 Å². The SMILES string of the molecule is O=C1N(CC2CC2)[C@H](c2ncc[nH]2)NC12CCCC2. The Balaban J connectivity index is 1.65. The number of hydrogen-bond donors (Lipinski definition) is 2. The van der Waals surface area contributed by atoms with Crippen molar-refractivity contribution in [3.05, 3.63) is 18.2 Å². The van der Waals surface area contributed by atoms with E-state index < -0.39 is 0 Å². The van der Waals surface area contributed by atoms with Crippen molar-refractivity contribution in [3.63, 3.8) is 0 Å². The summed E-state index contributed by atoms with van der Waals surface area (Å²) in [5, 5.41) is 3.58. The molecule has 0 radical (unpaired) electrons. The minimum Gasteiger partial charge on any atom is -0.346 e. The van der Waals surface area contributed by atoms with Crippen LogP contribution in [0.3, 0.4) is 0 Å². The van der Waals surface area contributed by atoms with Gasteiger partial charge < -0.3 is 9.88 Å². The molecule has 1 aromatic rings. The fourth-order valence-corrected chi connectivity index (χ4v) is 3.54. The quantitative estimate of drug-likeness (QED) is 0.867. The Labute approximate surface area is 112 Å². The van der Waals surface area contributed by atoms with Gasteiger partial charge in [-0.25, -0.2) is 4.98 Å². The summed E-state index contributed by atoms with van der Waals surface area (Å²) in [5.41, 5.74) is -0.299. The van der Waals surface area contributed by atoms with Crippen molar-refractivity contribution in [2.75, 3.05) is 6.54 Å². The number of imidazole rings is 1. The zero-order chi connectivity index (χ0) is 12.9. The van der Waals surface area contributed by atoms with Crippen molar-refractivity contribution in [3.8, 4) is 0 Å². The molecule has 0 aromatic carbocycles. The van der Waals surface area contributed by atoms with Crippen molar-refractivity contribution < 1.29 is 4.79 Å². The highest BCUT2D eigenvalue weighted by Crippen LogP contribution is 2.42. The van der Waals surface area contributed by atoms with E-state index in [9.17, 15) is 4.79 Å². The second kappa shape index (κ2) is 4.07. The predicted octanol–water partition coefficient (Wildman–Crippen LogP) is 1.56. The normalized spacial score (nSPS) is 29.6. The number of hydrogen-bond acceptors (Lipinski definition) is 3. The number of nitrogens with one attached hydrogen (secondary N) is 2. The molecule has 2 aliphatic carbocycles. The summed E-state index contributed by atoms with van der Waals surface area (Å²) >= 11 is 0. The third-order valence-corrected chi connectivity index (χ3v) is 4.78. The first kappa shape index (κ1) is 11.5. The van der Waals surface area contributed by atoms with E-state index in [-0.39, 0.29) is 11.7 Å². The first-order valence-electron chi connectivity index (χ1n) is 7.37. The van der Waals surface area contributed by atoms with Gasteiger partial charge >= 0.3 is 0 Å². The van der Waals surface area contributed by atoms with Crippen molar-refractivity contribution >= 4 is 5.91 Å². The Morgan fingerprint density at radius 2 is 2.16 bits per heavy atom. The van der Waals surface area contributed by atoms with E-state index in [1.807, 2.05) is 11.1 Å². The molecule has 5 nitrogen and oxygen atoms in total. The number of amides is 1. The smallest absolute Gasteiger partial charge is 0.244 e. The summed E-state index contributed by atoms with van der Waals surface area (Å²) in [5.74, 6) is 1.89. The lowest BCUT2D eigenvalue weighted by Crippen LogP contribution is -2.44. The highest BCUT2D eigenvalue weighted by Gasteiger charge is 2.54. The maximum Gasteiger partial charge on any atom is 0.244 e. The van der Waals surface area contributed by atoms with Gasteiger partial charge in [-0.2, -0.15) is 0 Å². The first-order chi connectivity index (χ1) is 9.28. The first-order valence-corrected chi connectivity index (χ1v) is 7.37. The van der Waals surface area contributed by atoms with Crippen LogP contribution in [-0.2, 0) is 4.79 Å². The fourth-order valence-electron chi connectivity index (χ4n) is 3.54. The molecule has 1 aromatic heterocycles. The maximum absolute atomic E-state index is 12.8. The second-order valence-electron chi connectivity index (χ2n) is 6.21. The maximum atomic E-state index is 12.8. The van der Waals surface area contributed by atoms with E-state index in [0.29, 0.717) is 11.8 Å². The summed E-state index contributed by atoms with van der Waals surface area (Å²) < 4.78 is 0. The molecule has 4 rings (SSSR count). The van der Waals surface area contributed by atoms with Crippen LogP contribution in [0.5, 0.6) is 0 Å². The number of aromatic nitrogens is 2. The minimum absolute atomic E-state index is 0.0544. The Hall–Kier alpha value is -1.36. The van der Waals surface area contributed by atoms with Crippen LogP contribution in [0.4, 0.5) is 0 Å². The Bertz CT molecular complexity index is 474. The zero-order valence-electron chi connectivity index (χ0n) is 11.1. The minimum atomic E-state index is -0.299. The molecular weight excluding hydrogens is 240 g/mol. The Kier molecular flexibility index (Phi) is 2.45. The number of carbonyl (C=O) groups is 1. The molecule has 0 unspecified atom stereocenters. The highest BCUT2D eigenvalue weighted by molar-refractivity contribution is 5.89. The van der Waals surface area contributed by atoms with Crippen LogP contribution in [0.15, 0.2) is 12.4 Å². The van der Waals surface area contributed by atoms with Crippen LogP contribution >= 0.6 is 0 Å². The monoisotopic (exact) mass is 260 g/mol. The van der Waals surface area contributed by atoms with Gasteiger partial charge in [0.05, 0.1) is 5.54 Å². The van der Waals surface area contributed by atoms with Gasteiger partial charge in [0.1, 0.15) is 12.0 Å². The van der Waals surface area contributed by atoms with E-state index in [4.69, 9.17) is 0 Å². The average molecular weight is 260 g/mol. The van der Waals surface area contributed by atoms with Gasteiger partial charge in [-0.05, 0) is 31.6 Å². The molecule has 102 valence electrons. The second-order valence-corrected chi connectivity index (χ2v) is 6.21. The molecule has 1 amide bonds. The molecule has 2 heterocycles. The van der Waals surface area contributed by atoms with E-state index >= 15 is 0 Å². The van der Waals surface area contributed by atoms with Crippen molar-refractivity contribution in [2.24, 2.45) is 5.92 Å². The van der Waals surface area contributed by atoms with Crippen LogP contribution < -0.4 is 5.32 Å². The van der Waals surface area contributed by atoms with Gasteiger partial charge in [0.2, 0.25) is 5.91 Å². The van der Waals surface area contributed by atoms with Gasteiger partial charge in [-0.1, -0.05) is 12.8 Å². The third-order valence-electron chi connectivity index (χ3n) is 4.78. The summed E-state index contributed by atoms with van der Waals surface area (Å²) in [6, 6.07) is 0. The summed E-state index contributed by atoms with van der Waals surface area (Å²) in [7, 11) is 0. The molecule has 1 aliphatic heterocycles. The molecular formula is C14H20N4O. The standard InChI is InChI=1S/C14H20N4O/c19-13-14(5-1-2-6-14)17-12(11-15-7-8-16-11)18(13)9-10-3-4-10/h7-8,10,12,17H,1-6,9H2,(H,15,16)/t12-/m1/s1. The fraction of sp³-hybridized carbons (Fsp3) is 0.714. The molecule has 5 heteroatoms. The number of nitrogens with zero attached hydrogens (tertiary/aromatic N) is 2. The number of carbonyl (C=O) groups excluding carboxylic acids is 1. The largest absolute Gasteiger partial charge is 0.346 e. The van der Waals surface area contributed by atoms with Crippen molar-refractivity contribution in [1.82, 2.24) is 20.2 Å². The molecule has 19 heavy (non-hydrogen) atoms. The van der Waals surface area contributed by atoms with Crippen molar-refractivity contribution in [2.45, 2.75) is 50.2 Å². The van der Waals surface area contributed by atoms with Gasteiger partial charge in [0.25, 0.3) is 0 Å². The zero-order valence-corrected chi connectivity index (χ0v) is 11.1. The van der Waals surface area contributed by atoms with Crippen molar-refractivity contribution in [1.29, 1.82) is 0 Å². The molecule has 2 N–H and O–H groups in total. The van der Waals surface area contributed by atoms with E-state index in [1.165, 1.54) is 12.8 Å². The number of H-pyrrole nitrogens is 1. The van der Waals surface area contributed by atoms with Gasteiger partial charge in [-0.3, -0.25) is 10.1 Å². The molecule has 0 bridgehead atoms. The van der Waals surface area contributed by atoms with Gasteiger partial charge in [0.15, 0.2) is 0 Å². The van der Waals surface area contributed by atoms with Crippen LogP contribution in [0, 0.1) is 5.92 Å². The summed E-state index contributed by atoms with van der Waals surface area (Å²) in [4.78, 5) is 22.4. The predicted molar refractivity (Wildman–Crippen MR) is 70.1 cm³/mol. The molecule has 1 atom stereocenters. The topological polar surface area (TPSA) is 61.0 Å². The molecule has 1 saturated heterocycles. The van der Waals surface area contributed by atoms with Gasteiger partial charge in [-0.15, -0.1) is 0 Å². The molecule has 3 fully saturated rings. The third kappa shape index (κ3) is 1.79. The molecule has 1 spiro atoms. The summed E-state index contributed by atoms with van der Waals surface area (Å²) in [6.07, 6.45) is 10.3. The Morgan fingerprint density at radius 1 is 1.37 bits per heavy atom. The molecule has 2 saturated carbocycles. The average Bonchev–Trinajstić information content (AvgIpc) is 2.84. The van der Waals surface area contributed by atoms with Crippen LogP contribution in [-0.4, -0.2) is 32.9 Å². The molecule has 3 aliphatic rings. The van der Waals surface area contributed by atoms with Gasteiger partial charge in [0, 0.05) is 18.9 Å². The van der Waals surface area contributed by atoms with Crippen LogP contribution in [0.1, 0.15) is 50.5 Å². The van der Waals surface area contributed by atoms with E-state index in [2.05, 4.69) is 15.3 Å².